The van der Waals surface area contributed by atoms with Crippen LogP contribution in [0.15, 0.2) is 72.5 Å². The van der Waals surface area contributed by atoms with Gasteiger partial charge >= 0.3 is 0 Å². The van der Waals surface area contributed by atoms with Crippen LogP contribution in [0.1, 0.15) is 16.8 Å². The number of phenols is 1. The van der Waals surface area contributed by atoms with Gasteiger partial charge in [-0.25, -0.2) is 9.50 Å². The number of hydrogen-bond acceptors (Lipinski definition) is 5. The number of nitrogens with zero attached hydrogens (tertiary/aromatic N) is 3. The molecule has 2 aromatic heterocycles. The maximum Gasteiger partial charge on any atom is 0.261 e. The molecule has 1 unspecified atom stereocenters. The van der Waals surface area contributed by atoms with E-state index in [9.17, 15) is 9.90 Å². The van der Waals surface area contributed by atoms with Gasteiger partial charge < -0.3 is 15.2 Å². The van der Waals surface area contributed by atoms with Gasteiger partial charge in [-0.15, -0.1) is 11.6 Å². The molecular formula is C19H15ClN4O3. The number of hydrogen-bond donors (Lipinski definition) is 2. The first-order valence-corrected chi connectivity index (χ1v) is 8.66. The third kappa shape index (κ3) is 3.63. The number of carbonyl (C=O) groups excluding carboxylic acids is 1. The van der Waals surface area contributed by atoms with Gasteiger partial charge in [0, 0.05) is 18.8 Å². The Morgan fingerprint density at radius 1 is 1.33 bits per heavy atom. The fourth-order valence-corrected chi connectivity index (χ4v) is 2.92. The van der Waals surface area contributed by atoms with Crippen molar-refractivity contribution in [3.05, 3.63) is 78.1 Å². The van der Waals surface area contributed by atoms with Crippen LogP contribution in [0.25, 0.3) is 5.65 Å². The SMILES string of the molecule is O=C(NC1=C(Oc2ccc(O)cc2)C=CC(Cl)C1)c1cnn2cccnc12. The minimum atomic E-state index is -0.343. The smallest absolute Gasteiger partial charge is 0.261 e. The molecule has 0 fully saturated rings. The number of alkyl halides is 1. The first kappa shape index (κ1) is 17.1. The van der Waals surface area contributed by atoms with E-state index in [0.29, 0.717) is 34.8 Å². The Morgan fingerprint density at radius 3 is 2.96 bits per heavy atom. The second-order valence-corrected chi connectivity index (χ2v) is 6.48. The van der Waals surface area contributed by atoms with Crippen LogP contribution < -0.4 is 10.1 Å². The number of fused-ring (bicyclic) bond motifs is 1. The lowest BCUT2D eigenvalue weighted by Gasteiger charge is -2.20. The van der Waals surface area contributed by atoms with Crippen molar-refractivity contribution in [3.8, 4) is 11.5 Å². The molecule has 1 aromatic carbocycles. The number of allylic oxidation sites excluding steroid dienone is 3. The van der Waals surface area contributed by atoms with Crippen LogP contribution >= 0.6 is 11.6 Å². The average Bonchev–Trinajstić information content (AvgIpc) is 3.10. The van der Waals surface area contributed by atoms with Crippen molar-refractivity contribution in [1.29, 1.82) is 0 Å². The monoisotopic (exact) mass is 382 g/mol. The Labute approximate surface area is 159 Å². The van der Waals surface area contributed by atoms with Gasteiger partial charge in [-0.3, -0.25) is 4.79 Å². The van der Waals surface area contributed by atoms with Crippen molar-refractivity contribution >= 4 is 23.2 Å². The van der Waals surface area contributed by atoms with Crippen LogP contribution in [0, 0.1) is 0 Å². The summed E-state index contributed by atoms with van der Waals surface area (Å²) in [5.74, 6) is 0.815. The van der Waals surface area contributed by atoms with Crippen molar-refractivity contribution in [2.24, 2.45) is 0 Å². The average molecular weight is 383 g/mol. The highest BCUT2D eigenvalue weighted by molar-refractivity contribution is 6.22. The number of rotatable bonds is 4. The van der Waals surface area contributed by atoms with Gasteiger partial charge in [-0.1, -0.05) is 6.08 Å². The second-order valence-electron chi connectivity index (χ2n) is 5.92. The van der Waals surface area contributed by atoms with E-state index in [1.54, 1.807) is 42.7 Å². The first-order valence-electron chi connectivity index (χ1n) is 8.22. The van der Waals surface area contributed by atoms with Crippen LogP contribution in [0.3, 0.4) is 0 Å². The molecule has 0 spiro atoms. The number of halogens is 1. The molecule has 7 nitrogen and oxygen atoms in total. The lowest BCUT2D eigenvalue weighted by atomic mass is 10.1. The molecule has 27 heavy (non-hydrogen) atoms. The van der Waals surface area contributed by atoms with Crippen LogP contribution in [-0.4, -0.2) is 31.0 Å². The van der Waals surface area contributed by atoms with Gasteiger partial charge in [0.1, 0.15) is 22.8 Å². The zero-order chi connectivity index (χ0) is 18.8. The van der Waals surface area contributed by atoms with Crippen molar-refractivity contribution < 1.29 is 14.6 Å². The first-order chi connectivity index (χ1) is 13.1. The standard InChI is InChI=1S/C19H15ClN4O3/c20-12-2-7-17(27-14-5-3-13(25)4-6-14)16(10-12)23-19(26)15-11-22-24-9-1-8-21-18(15)24/h1-9,11-12,25H,10H2,(H,23,26). The van der Waals surface area contributed by atoms with Crippen LogP contribution in [-0.2, 0) is 0 Å². The van der Waals surface area contributed by atoms with Gasteiger partial charge in [0.15, 0.2) is 5.65 Å². The van der Waals surface area contributed by atoms with Gasteiger partial charge in [-0.05, 0) is 36.4 Å². The molecular weight excluding hydrogens is 368 g/mol. The number of aromatic nitrogens is 3. The maximum atomic E-state index is 12.7. The largest absolute Gasteiger partial charge is 0.508 e. The maximum absolute atomic E-state index is 12.7. The van der Waals surface area contributed by atoms with Gasteiger partial charge in [-0.2, -0.15) is 5.10 Å². The number of benzene rings is 1. The minimum absolute atomic E-state index is 0.144. The normalized spacial score (nSPS) is 16.6. The summed E-state index contributed by atoms with van der Waals surface area (Å²) in [6.45, 7) is 0. The number of aromatic hydroxyl groups is 1. The van der Waals surface area contributed by atoms with Gasteiger partial charge in [0.2, 0.25) is 0 Å². The summed E-state index contributed by atoms with van der Waals surface area (Å²) in [6.07, 6.45) is 8.71. The summed E-state index contributed by atoms with van der Waals surface area (Å²) in [5.41, 5.74) is 1.38. The summed E-state index contributed by atoms with van der Waals surface area (Å²) in [4.78, 5) is 16.9. The van der Waals surface area contributed by atoms with Gasteiger partial charge in [0.05, 0.1) is 17.3 Å². The molecule has 2 N–H and O–H groups in total. The number of nitrogens with one attached hydrogen (secondary N) is 1. The molecule has 0 saturated heterocycles. The molecule has 0 bridgehead atoms. The van der Waals surface area contributed by atoms with Crippen LogP contribution in [0.4, 0.5) is 0 Å². The van der Waals surface area contributed by atoms with E-state index in [0.717, 1.165) is 0 Å². The fraction of sp³-hybridized carbons (Fsp3) is 0.105. The molecule has 1 amide bonds. The lowest BCUT2D eigenvalue weighted by Crippen LogP contribution is -2.27. The fourth-order valence-electron chi connectivity index (χ4n) is 2.70. The molecule has 0 saturated carbocycles. The predicted octanol–water partition coefficient (Wildman–Crippen LogP) is 3.02. The number of phenolic OH excluding ortho intramolecular Hbond substituents is 1. The molecule has 0 radical (unpaired) electrons. The van der Waals surface area contributed by atoms with E-state index in [2.05, 4.69) is 15.4 Å². The van der Waals surface area contributed by atoms with E-state index in [1.165, 1.54) is 22.8 Å². The summed E-state index contributed by atoms with van der Waals surface area (Å²) in [7, 11) is 0. The predicted molar refractivity (Wildman–Crippen MR) is 99.6 cm³/mol. The van der Waals surface area contributed by atoms with Crippen molar-refractivity contribution in [1.82, 2.24) is 19.9 Å². The minimum Gasteiger partial charge on any atom is -0.508 e. The quantitative estimate of drug-likeness (QED) is 0.677. The topological polar surface area (TPSA) is 88.8 Å². The summed E-state index contributed by atoms with van der Waals surface area (Å²) >= 11 is 6.21. The molecule has 1 aliphatic carbocycles. The van der Waals surface area contributed by atoms with Crippen LogP contribution in [0.5, 0.6) is 11.5 Å². The Hall–Kier alpha value is -3.32. The molecule has 136 valence electrons. The molecule has 1 aliphatic rings. The van der Waals surface area contributed by atoms with E-state index >= 15 is 0 Å². The zero-order valence-electron chi connectivity index (χ0n) is 14.0. The van der Waals surface area contributed by atoms with Gasteiger partial charge in [0.25, 0.3) is 5.91 Å². The van der Waals surface area contributed by atoms with Crippen LogP contribution in [0.2, 0.25) is 0 Å². The summed E-state index contributed by atoms with van der Waals surface area (Å²) in [6, 6.07) is 8.05. The highest BCUT2D eigenvalue weighted by atomic mass is 35.5. The third-order valence-electron chi connectivity index (χ3n) is 4.01. The van der Waals surface area contributed by atoms with E-state index in [1.807, 2.05) is 0 Å². The zero-order valence-corrected chi connectivity index (χ0v) is 14.8. The molecule has 8 heteroatoms. The van der Waals surface area contributed by atoms with Crippen molar-refractivity contribution in [3.63, 3.8) is 0 Å². The molecule has 2 heterocycles. The van der Waals surface area contributed by atoms with E-state index in [-0.39, 0.29) is 17.0 Å². The van der Waals surface area contributed by atoms with E-state index in [4.69, 9.17) is 16.3 Å². The summed E-state index contributed by atoms with van der Waals surface area (Å²) in [5, 5.41) is 16.1. The number of ether oxygens (including phenoxy) is 1. The van der Waals surface area contributed by atoms with Crippen molar-refractivity contribution in [2.75, 3.05) is 0 Å². The second kappa shape index (κ2) is 7.13. The number of amides is 1. The molecule has 0 aliphatic heterocycles. The Morgan fingerprint density at radius 2 is 2.15 bits per heavy atom. The molecule has 4 rings (SSSR count). The highest BCUT2D eigenvalue weighted by Crippen LogP contribution is 2.26. The Balaban J connectivity index is 1.61. The Kier molecular flexibility index (Phi) is 4.52. The lowest BCUT2D eigenvalue weighted by molar-refractivity contribution is 0.0964. The molecule has 3 aromatic rings. The highest BCUT2D eigenvalue weighted by Gasteiger charge is 2.21. The third-order valence-corrected chi connectivity index (χ3v) is 4.31. The van der Waals surface area contributed by atoms with E-state index < -0.39 is 0 Å². The Bertz CT molecular complexity index is 1060. The summed E-state index contributed by atoms with van der Waals surface area (Å²) < 4.78 is 7.38. The molecule has 1 atom stereocenters. The number of carbonyl (C=O) groups is 1. The van der Waals surface area contributed by atoms with Crippen molar-refractivity contribution in [2.45, 2.75) is 11.8 Å².